The third-order valence-electron chi connectivity index (χ3n) is 5.99. The van der Waals surface area contributed by atoms with Crippen molar-refractivity contribution >= 4 is 17.7 Å². The highest BCUT2D eigenvalue weighted by Crippen LogP contribution is 2.28. The Morgan fingerprint density at radius 3 is 2.52 bits per heavy atom. The highest BCUT2D eigenvalue weighted by molar-refractivity contribution is 6.22. The summed E-state index contributed by atoms with van der Waals surface area (Å²) >= 11 is 0. The van der Waals surface area contributed by atoms with Crippen LogP contribution in [0, 0.1) is 0 Å². The second kappa shape index (κ2) is 7.43. The summed E-state index contributed by atoms with van der Waals surface area (Å²) in [5.74, 6) is -0.651. The number of carbonyl (C=O) groups is 3. The van der Waals surface area contributed by atoms with Crippen molar-refractivity contribution in [1.29, 1.82) is 0 Å². The Balaban J connectivity index is 1.55. The zero-order chi connectivity index (χ0) is 19.0. The summed E-state index contributed by atoms with van der Waals surface area (Å²) in [4.78, 5) is 41.6. The number of rotatable bonds is 5. The van der Waals surface area contributed by atoms with Crippen molar-refractivity contribution in [1.82, 2.24) is 9.80 Å². The molecule has 144 valence electrons. The molecule has 27 heavy (non-hydrogen) atoms. The Labute approximate surface area is 159 Å². The van der Waals surface area contributed by atoms with Gasteiger partial charge in [0.15, 0.2) is 0 Å². The second-order valence-corrected chi connectivity index (χ2v) is 7.65. The standard InChI is InChI=1S/C21H26N2O4/c1-2-22(15-6-3-4-7-15)19(24)14-9-10-17-18(12-14)21(26)23(20(17)25)13-16-8-5-11-27-16/h9-10,12,15-16H,2-8,11,13H2,1H3. The van der Waals surface area contributed by atoms with Crippen LogP contribution < -0.4 is 0 Å². The SMILES string of the molecule is CCN(C(=O)c1ccc2c(c1)C(=O)N(CC1CCCO1)C2=O)C1CCCC1. The van der Waals surface area contributed by atoms with Crippen LogP contribution in [0.2, 0.25) is 0 Å². The van der Waals surface area contributed by atoms with E-state index < -0.39 is 0 Å². The Kier molecular flexibility index (Phi) is 5.00. The van der Waals surface area contributed by atoms with Gasteiger partial charge < -0.3 is 9.64 Å². The Bertz CT molecular complexity index is 763. The van der Waals surface area contributed by atoms with Gasteiger partial charge in [0.2, 0.25) is 0 Å². The summed E-state index contributed by atoms with van der Waals surface area (Å²) in [6.07, 6.45) is 6.14. The minimum Gasteiger partial charge on any atom is -0.376 e. The highest BCUT2D eigenvalue weighted by atomic mass is 16.5. The number of carbonyl (C=O) groups excluding carboxylic acids is 3. The van der Waals surface area contributed by atoms with Gasteiger partial charge in [0.1, 0.15) is 0 Å². The Morgan fingerprint density at radius 1 is 1.11 bits per heavy atom. The van der Waals surface area contributed by atoms with E-state index in [1.807, 2.05) is 11.8 Å². The van der Waals surface area contributed by atoms with E-state index in [2.05, 4.69) is 0 Å². The molecule has 0 N–H and O–H groups in total. The van der Waals surface area contributed by atoms with E-state index in [-0.39, 0.29) is 29.9 Å². The molecule has 2 heterocycles. The van der Waals surface area contributed by atoms with E-state index in [1.165, 1.54) is 4.90 Å². The molecule has 1 aliphatic carbocycles. The molecule has 1 saturated heterocycles. The fourth-order valence-electron chi connectivity index (χ4n) is 4.53. The van der Waals surface area contributed by atoms with Crippen LogP contribution in [-0.4, -0.2) is 59.4 Å². The fourth-order valence-corrected chi connectivity index (χ4v) is 4.53. The first-order valence-corrected chi connectivity index (χ1v) is 10.0. The average Bonchev–Trinajstić information content (AvgIpc) is 3.42. The molecule has 3 amide bonds. The van der Waals surface area contributed by atoms with Gasteiger partial charge in [-0.1, -0.05) is 12.8 Å². The van der Waals surface area contributed by atoms with Crippen molar-refractivity contribution < 1.29 is 19.1 Å². The molecule has 6 heteroatoms. The van der Waals surface area contributed by atoms with Crippen LogP contribution in [-0.2, 0) is 4.74 Å². The first kappa shape index (κ1) is 18.2. The van der Waals surface area contributed by atoms with E-state index in [9.17, 15) is 14.4 Å². The van der Waals surface area contributed by atoms with Gasteiger partial charge in [-0.15, -0.1) is 0 Å². The zero-order valence-corrected chi connectivity index (χ0v) is 15.8. The largest absolute Gasteiger partial charge is 0.376 e. The molecule has 2 aliphatic heterocycles. The van der Waals surface area contributed by atoms with Crippen molar-refractivity contribution in [2.75, 3.05) is 19.7 Å². The number of ether oxygens (including phenoxy) is 1. The first-order chi connectivity index (χ1) is 13.1. The van der Waals surface area contributed by atoms with Crippen LogP contribution in [0.3, 0.4) is 0 Å². The number of hydrogen-bond acceptors (Lipinski definition) is 4. The van der Waals surface area contributed by atoms with E-state index in [1.54, 1.807) is 18.2 Å². The number of nitrogens with zero attached hydrogens (tertiary/aromatic N) is 2. The minimum atomic E-state index is -0.316. The van der Waals surface area contributed by atoms with Gasteiger partial charge in [-0.2, -0.15) is 0 Å². The monoisotopic (exact) mass is 370 g/mol. The minimum absolute atomic E-state index is 0.0509. The quantitative estimate of drug-likeness (QED) is 0.748. The van der Waals surface area contributed by atoms with Crippen LogP contribution in [0.25, 0.3) is 0 Å². The normalized spacial score (nSPS) is 22.6. The second-order valence-electron chi connectivity index (χ2n) is 7.65. The van der Waals surface area contributed by atoms with Crippen molar-refractivity contribution in [3.63, 3.8) is 0 Å². The summed E-state index contributed by atoms with van der Waals surface area (Å²) in [6, 6.07) is 5.19. The zero-order valence-electron chi connectivity index (χ0n) is 15.8. The first-order valence-electron chi connectivity index (χ1n) is 10.0. The van der Waals surface area contributed by atoms with Gasteiger partial charge >= 0.3 is 0 Å². The van der Waals surface area contributed by atoms with E-state index >= 15 is 0 Å². The molecule has 1 atom stereocenters. The Hall–Kier alpha value is -2.21. The fraction of sp³-hybridized carbons (Fsp3) is 0.571. The van der Waals surface area contributed by atoms with Crippen molar-refractivity contribution in [3.8, 4) is 0 Å². The maximum Gasteiger partial charge on any atom is 0.261 e. The molecule has 4 rings (SSSR count). The number of amides is 3. The summed E-state index contributed by atoms with van der Waals surface area (Å²) < 4.78 is 5.57. The van der Waals surface area contributed by atoms with Crippen molar-refractivity contribution in [2.45, 2.75) is 57.6 Å². The molecule has 1 aromatic rings. The van der Waals surface area contributed by atoms with Gasteiger partial charge in [0.05, 0.1) is 23.8 Å². The lowest BCUT2D eigenvalue weighted by atomic mass is 10.0. The summed E-state index contributed by atoms with van der Waals surface area (Å²) in [6.45, 7) is 3.61. The third-order valence-corrected chi connectivity index (χ3v) is 5.99. The maximum atomic E-state index is 13.0. The molecular weight excluding hydrogens is 344 g/mol. The predicted molar refractivity (Wildman–Crippen MR) is 99.7 cm³/mol. The molecule has 1 saturated carbocycles. The number of imide groups is 1. The van der Waals surface area contributed by atoms with Crippen LogP contribution in [0.4, 0.5) is 0 Å². The lowest BCUT2D eigenvalue weighted by Gasteiger charge is -2.27. The van der Waals surface area contributed by atoms with Gasteiger partial charge in [0, 0.05) is 24.8 Å². The molecule has 0 bridgehead atoms. The van der Waals surface area contributed by atoms with Crippen LogP contribution in [0.5, 0.6) is 0 Å². The topological polar surface area (TPSA) is 66.9 Å². The van der Waals surface area contributed by atoms with Gasteiger partial charge in [-0.3, -0.25) is 19.3 Å². The average molecular weight is 370 g/mol. The predicted octanol–water partition coefficient (Wildman–Crippen LogP) is 2.87. The Morgan fingerprint density at radius 2 is 1.85 bits per heavy atom. The molecule has 6 nitrogen and oxygen atoms in total. The number of benzene rings is 1. The third kappa shape index (κ3) is 3.27. The smallest absolute Gasteiger partial charge is 0.261 e. The molecule has 0 aromatic heterocycles. The number of fused-ring (bicyclic) bond motifs is 1. The van der Waals surface area contributed by atoms with Crippen LogP contribution in [0.15, 0.2) is 18.2 Å². The molecule has 1 aromatic carbocycles. The summed E-state index contributed by atoms with van der Waals surface area (Å²) in [5.41, 5.74) is 1.22. The van der Waals surface area contributed by atoms with Crippen molar-refractivity contribution in [2.24, 2.45) is 0 Å². The molecular formula is C21H26N2O4. The molecule has 1 unspecified atom stereocenters. The highest BCUT2D eigenvalue weighted by Gasteiger charge is 2.38. The lowest BCUT2D eigenvalue weighted by Crippen LogP contribution is -2.38. The molecule has 0 radical (unpaired) electrons. The summed E-state index contributed by atoms with van der Waals surface area (Å²) in [7, 11) is 0. The van der Waals surface area contributed by atoms with E-state index in [0.717, 1.165) is 38.5 Å². The lowest BCUT2D eigenvalue weighted by molar-refractivity contribution is 0.0475. The molecule has 3 aliphatic rings. The van der Waals surface area contributed by atoms with Crippen LogP contribution in [0.1, 0.15) is 76.5 Å². The van der Waals surface area contributed by atoms with Gasteiger partial charge in [-0.25, -0.2) is 0 Å². The maximum absolute atomic E-state index is 13.0. The van der Waals surface area contributed by atoms with Gasteiger partial charge in [-0.05, 0) is 50.8 Å². The number of hydrogen-bond donors (Lipinski definition) is 0. The van der Waals surface area contributed by atoms with E-state index in [0.29, 0.717) is 36.4 Å². The van der Waals surface area contributed by atoms with Gasteiger partial charge in [0.25, 0.3) is 17.7 Å². The van der Waals surface area contributed by atoms with E-state index in [4.69, 9.17) is 4.74 Å². The molecule has 0 spiro atoms. The van der Waals surface area contributed by atoms with Crippen molar-refractivity contribution in [3.05, 3.63) is 34.9 Å². The van der Waals surface area contributed by atoms with Crippen LogP contribution >= 0.6 is 0 Å². The molecule has 2 fully saturated rings. The summed E-state index contributed by atoms with van der Waals surface area (Å²) in [5, 5.41) is 0.